The van der Waals surface area contributed by atoms with E-state index in [1.165, 1.54) is 0 Å². The second-order valence-corrected chi connectivity index (χ2v) is 4.84. The van der Waals surface area contributed by atoms with Crippen molar-refractivity contribution in [3.05, 3.63) is 59.9 Å². The number of carbonyl (C=O) groups excluding carboxylic acids is 1. The summed E-state index contributed by atoms with van der Waals surface area (Å²) >= 11 is 0. The van der Waals surface area contributed by atoms with Crippen molar-refractivity contribution in [1.29, 1.82) is 0 Å². The molecule has 0 spiro atoms. The van der Waals surface area contributed by atoms with E-state index >= 15 is 0 Å². The maximum atomic E-state index is 12.5. The van der Waals surface area contributed by atoms with E-state index in [9.17, 15) is 4.79 Å². The van der Waals surface area contributed by atoms with Gasteiger partial charge >= 0.3 is 0 Å². The minimum Gasteiger partial charge on any atom is -0.345 e. The van der Waals surface area contributed by atoms with Crippen LogP contribution in [-0.4, -0.2) is 22.9 Å². The van der Waals surface area contributed by atoms with Crippen molar-refractivity contribution in [3.8, 4) is 0 Å². The van der Waals surface area contributed by atoms with Crippen LogP contribution in [0.25, 0.3) is 11.0 Å². The molecular weight excluding hydrogens is 250 g/mol. The first-order valence-corrected chi connectivity index (χ1v) is 6.43. The first-order chi connectivity index (χ1) is 9.65. The van der Waals surface area contributed by atoms with Gasteiger partial charge in [0, 0.05) is 18.3 Å². The van der Waals surface area contributed by atoms with E-state index in [2.05, 4.69) is 9.97 Å². The predicted molar refractivity (Wildman–Crippen MR) is 80.0 cm³/mol. The summed E-state index contributed by atoms with van der Waals surface area (Å²) in [5.41, 5.74) is 4.39. The molecule has 20 heavy (non-hydrogen) atoms. The van der Waals surface area contributed by atoms with Crippen LogP contribution in [0.2, 0.25) is 0 Å². The second-order valence-electron chi connectivity index (χ2n) is 4.84. The van der Waals surface area contributed by atoms with Gasteiger partial charge in [-0.1, -0.05) is 12.1 Å². The summed E-state index contributed by atoms with van der Waals surface area (Å²) in [7, 11) is 1.79. The first kappa shape index (κ1) is 12.4. The highest BCUT2D eigenvalue weighted by Crippen LogP contribution is 2.18. The Morgan fingerprint density at radius 1 is 1.20 bits per heavy atom. The Labute approximate surface area is 117 Å². The Balaban J connectivity index is 1.94. The molecule has 1 amide bonds. The van der Waals surface area contributed by atoms with Crippen LogP contribution in [0.15, 0.2) is 48.8 Å². The molecule has 0 aliphatic heterocycles. The third kappa shape index (κ3) is 2.16. The number of benzene rings is 2. The lowest BCUT2D eigenvalue weighted by Crippen LogP contribution is -2.26. The molecule has 3 aromatic rings. The number of anilines is 1. The number of hydrogen-bond acceptors (Lipinski definition) is 2. The van der Waals surface area contributed by atoms with Gasteiger partial charge in [-0.2, -0.15) is 0 Å². The molecule has 0 bridgehead atoms. The van der Waals surface area contributed by atoms with Crippen LogP contribution in [0.5, 0.6) is 0 Å². The third-order valence-electron chi connectivity index (χ3n) is 3.36. The Morgan fingerprint density at radius 3 is 2.85 bits per heavy atom. The van der Waals surface area contributed by atoms with Gasteiger partial charge in [-0.05, 0) is 42.8 Å². The Morgan fingerprint density at radius 2 is 2.05 bits per heavy atom. The number of fused-ring (bicyclic) bond motifs is 1. The number of imidazole rings is 1. The number of amides is 1. The van der Waals surface area contributed by atoms with Gasteiger partial charge in [-0.25, -0.2) is 4.98 Å². The van der Waals surface area contributed by atoms with Gasteiger partial charge in [0.1, 0.15) is 0 Å². The first-order valence-electron chi connectivity index (χ1n) is 6.43. The molecule has 0 aliphatic rings. The molecule has 3 rings (SSSR count). The number of aromatic amines is 1. The molecule has 2 aromatic carbocycles. The van der Waals surface area contributed by atoms with Crippen LogP contribution in [0.3, 0.4) is 0 Å². The van der Waals surface area contributed by atoms with Crippen LogP contribution in [-0.2, 0) is 0 Å². The average Bonchev–Trinajstić information content (AvgIpc) is 2.93. The zero-order valence-corrected chi connectivity index (χ0v) is 11.4. The standard InChI is InChI=1S/C16H15N3O/c1-11-4-3-5-13(8-11)19(2)16(20)12-6-7-14-15(9-12)18-10-17-14/h3-10H,1-2H3,(H,17,18). The van der Waals surface area contributed by atoms with E-state index in [0.29, 0.717) is 5.56 Å². The van der Waals surface area contributed by atoms with Crippen molar-refractivity contribution in [3.63, 3.8) is 0 Å². The Kier molecular flexibility index (Phi) is 2.99. The molecule has 0 aliphatic carbocycles. The molecule has 1 aromatic heterocycles. The minimum atomic E-state index is -0.0351. The minimum absolute atomic E-state index is 0.0351. The number of nitrogens with one attached hydrogen (secondary N) is 1. The largest absolute Gasteiger partial charge is 0.345 e. The molecular formula is C16H15N3O. The van der Waals surface area contributed by atoms with Gasteiger partial charge in [0.25, 0.3) is 5.91 Å². The van der Waals surface area contributed by atoms with Gasteiger partial charge in [0.2, 0.25) is 0 Å². The molecule has 0 radical (unpaired) electrons. The number of aryl methyl sites for hydroxylation is 1. The van der Waals surface area contributed by atoms with Gasteiger partial charge in [-0.3, -0.25) is 4.79 Å². The summed E-state index contributed by atoms with van der Waals surface area (Å²) < 4.78 is 0. The van der Waals surface area contributed by atoms with Crippen molar-refractivity contribution < 1.29 is 4.79 Å². The molecule has 1 heterocycles. The number of H-pyrrole nitrogens is 1. The van der Waals surface area contributed by atoms with Gasteiger partial charge < -0.3 is 9.88 Å². The van der Waals surface area contributed by atoms with E-state index < -0.39 is 0 Å². The topological polar surface area (TPSA) is 49.0 Å². The van der Waals surface area contributed by atoms with Crippen molar-refractivity contribution in [2.45, 2.75) is 6.92 Å². The lowest BCUT2D eigenvalue weighted by Gasteiger charge is -2.17. The van der Waals surface area contributed by atoms with Crippen LogP contribution < -0.4 is 4.90 Å². The number of aromatic nitrogens is 2. The number of rotatable bonds is 2. The van der Waals surface area contributed by atoms with Gasteiger partial charge in [0.05, 0.1) is 17.4 Å². The van der Waals surface area contributed by atoms with Crippen LogP contribution in [0.4, 0.5) is 5.69 Å². The summed E-state index contributed by atoms with van der Waals surface area (Å²) in [4.78, 5) is 21.3. The quantitative estimate of drug-likeness (QED) is 0.773. The van der Waals surface area contributed by atoms with Crippen molar-refractivity contribution in [1.82, 2.24) is 9.97 Å². The lowest BCUT2D eigenvalue weighted by molar-refractivity contribution is 0.0993. The summed E-state index contributed by atoms with van der Waals surface area (Å²) in [6.07, 6.45) is 1.63. The van der Waals surface area contributed by atoms with Crippen LogP contribution >= 0.6 is 0 Å². The molecule has 0 atom stereocenters. The predicted octanol–water partition coefficient (Wildman–Crippen LogP) is 3.15. The lowest BCUT2D eigenvalue weighted by atomic mass is 10.1. The highest BCUT2D eigenvalue weighted by atomic mass is 16.2. The molecule has 1 N–H and O–H groups in total. The number of carbonyl (C=O) groups is 1. The van der Waals surface area contributed by atoms with E-state index in [4.69, 9.17) is 0 Å². The van der Waals surface area contributed by atoms with Gasteiger partial charge in [0.15, 0.2) is 0 Å². The molecule has 4 nitrogen and oxygen atoms in total. The Bertz CT molecular complexity index is 776. The summed E-state index contributed by atoms with van der Waals surface area (Å²) in [5.74, 6) is -0.0351. The normalized spacial score (nSPS) is 10.7. The molecule has 0 fully saturated rings. The molecule has 4 heteroatoms. The fourth-order valence-corrected chi connectivity index (χ4v) is 2.22. The molecule has 0 unspecified atom stereocenters. The van der Waals surface area contributed by atoms with Crippen LogP contribution in [0.1, 0.15) is 15.9 Å². The summed E-state index contributed by atoms with van der Waals surface area (Å²) in [5, 5.41) is 0. The molecule has 0 saturated carbocycles. The summed E-state index contributed by atoms with van der Waals surface area (Å²) in [6, 6.07) is 13.4. The van der Waals surface area contributed by atoms with Crippen molar-refractivity contribution in [2.75, 3.05) is 11.9 Å². The van der Waals surface area contributed by atoms with E-state index in [1.807, 2.05) is 43.3 Å². The second kappa shape index (κ2) is 4.81. The van der Waals surface area contributed by atoms with E-state index in [-0.39, 0.29) is 5.91 Å². The summed E-state index contributed by atoms with van der Waals surface area (Å²) in [6.45, 7) is 2.01. The van der Waals surface area contributed by atoms with E-state index in [1.54, 1.807) is 24.3 Å². The average molecular weight is 265 g/mol. The van der Waals surface area contributed by atoms with E-state index in [0.717, 1.165) is 22.3 Å². The van der Waals surface area contributed by atoms with Crippen molar-refractivity contribution in [2.24, 2.45) is 0 Å². The maximum Gasteiger partial charge on any atom is 0.258 e. The monoisotopic (exact) mass is 265 g/mol. The highest BCUT2D eigenvalue weighted by Gasteiger charge is 2.14. The maximum absolute atomic E-state index is 12.5. The number of hydrogen-bond donors (Lipinski definition) is 1. The zero-order valence-electron chi connectivity index (χ0n) is 11.4. The molecule has 0 saturated heterocycles. The number of nitrogens with zero attached hydrogens (tertiary/aromatic N) is 2. The molecule has 100 valence electrons. The van der Waals surface area contributed by atoms with Crippen molar-refractivity contribution >= 4 is 22.6 Å². The van der Waals surface area contributed by atoms with Gasteiger partial charge in [-0.15, -0.1) is 0 Å². The fourth-order valence-electron chi connectivity index (χ4n) is 2.22. The highest BCUT2D eigenvalue weighted by molar-refractivity contribution is 6.07. The smallest absolute Gasteiger partial charge is 0.258 e. The zero-order chi connectivity index (χ0) is 14.1. The third-order valence-corrected chi connectivity index (χ3v) is 3.36. The van der Waals surface area contributed by atoms with Crippen LogP contribution in [0, 0.1) is 6.92 Å². The SMILES string of the molecule is Cc1cccc(N(C)C(=O)c2ccc3nc[nH]c3c2)c1. The fraction of sp³-hybridized carbons (Fsp3) is 0.125. The Hall–Kier alpha value is -2.62.